The summed E-state index contributed by atoms with van der Waals surface area (Å²) in [5.41, 5.74) is -3.42. The first-order chi connectivity index (χ1) is 9.66. The fourth-order valence-electron chi connectivity index (χ4n) is 1.77. The van der Waals surface area contributed by atoms with Crippen LogP contribution in [0.15, 0.2) is 30.3 Å². The van der Waals surface area contributed by atoms with Gasteiger partial charge in [-0.1, -0.05) is 44.2 Å². The van der Waals surface area contributed by atoms with Gasteiger partial charge in [0.25, 0.3) is 5.60 Å². The van der Waals surface area contributed by atoms with Gasteiger partial charge >= 0.3 is 12.1 Å². The molecule has 1 aromatic rings. The van der Waals surface area contributed by atoms with Crippen molar-refractivity contribution in [3.05, 3.63) is 35.9 Å². The van der Waals surface area contributed by atoms with E-state index in [4.69, 9.17) is 4.74 Å². The molecule has 0 heterocycles. The van der Waals surface area contributed by atoms with Crippen LogP contribution < -0.4 is 0 Å². The number of benzene rings is 1. The lowest BCUT2D eigenvalue weighted by atomic mass is 9.92. The van der Waals surface area contributed by atoms with Crippen LogP contribution in [0.5, 0.6) is 0 Å². The van der Waals surface area contributed by atoms with Crippen molar-refractivity contribution in [2.45, 2.75) is 38.7 Å². The fraction of sp³-hybridized carbons (Fsp3) is 0.533. The van der Waals surface area contributed by atoms with Gasteiger partial charge in [0, 0.05) is 12.7 Å². The minimum atomic E-state index is -4.93. The molecule has 0 spiro atoms. The summed E-state index contributed by atoms with van der Waals surface area (Å²) in [6, 6.07) is 6.76. The molecule has 0 aliphatic rings. The van der Waals surface area contributed by atoms with Crippen molar-refractivity contribution < 1.29 is 27.4 Å². The quantitative estimate of drug-likeness (QED) is 0.779. The van der Waals surface area contributed by atoms with Crippen molar-refractivity contribution in [3.8, 4) is 0 Å². The normalized spacial score (nSPS) is 16.4. The summed E-state index contributed by atoms with van der Waals surface area (Å²) in [6.07, 6.45) is -5.59. The van der Waals surface area contributed by atoms with Crippen molar-refractivity contribution in [3.63, 3.8) is 0 Å². The van der Waals surface area contributed by atoms with E-state index in [-0.39, 0.29) is 11.5 Å². The second-order valence-electron chi connectivity index (χ2n) is 5.10. The highest BCUT2D eigenvalue weighted by atomic mass is 19.4. The van der Waals surface area contributed by atoms with Gasteiger partial charge in [-0.2, -0.15) is 13.2 Å². The van der Waals surface area contributed by atoms with Gasteiger partial charge in [0.05, 0.1) is 0 Å². The Labute approximate surface area is 122 Å². The van der Waals surface area contributed by atoms with Crippen LogP contribution in [-0.2, 0) is 19.9 Å². The number of methoxy groups -OCH3 is 1. The van der Waals surface area contributed by atoms with Crippen LogP contribution in [0.25, 0.3) is 0 Å². The Hall–Kier alpha value is -1.56. The Balaban J connectivity index is 3.30. The highest BCUT2D eigenvalue weighted by Gasteiger charge is 2.64. The smallest absolute Gasteiger partial charge is 0.432 e. The van der Waals surface area contributed by atoms with Gasteiger partial charge < -0.3 is 9.47 Å². The molecule has 0 N–H and O–H groups in total. The van der Waals surface area contributed by atoms with E-state index in [9.17, 15) is 18.0 Å². The fourth-order valence-corrected chi connectivity index (χ4v) is 1.77. The van der Waals surface area contributed by atoms with E-state index >= 15 is 0 Å². The van der Waals surface area contributed by atoms with Gasteiger partial charge in [0.15, 0.2) is 0 Å². The minimum absolute atomic E-state index is 0.104. The topological polar surface area (TPSA) is 35.5 Å². The van der Waals surface area contributed by atoms with Gasteiger partial charge in [-0.25, -0.2) is 4.79 Å². The van der Waals surface area contributed by atoms with Crippen molar-refractivity contribution >= 4 is 5.97 Å². The number of esters is 1. The van der Waals surface area contributed by atoms with Crippen LogP contribution in [0.4, 0.5) is 13.2 Å². The monoisotopic (exact) mass is 304 g/mol. The maximum Gasteiger partial charge on any atom is 0.432 e. The Bertz CT molecular complexity index is 471. The summed E-state index contributed by atoms with van der Waals surface area (Å²) >= 11 is 0. The Morgan fingerprint density at radius 3 is 2.00 bits per heavy atom. The molecule has 0 aliphatic carbocycles. The van der Waals surface area contributed by atoms with Crippen molar-refractivity contribution in [2.24, 2.45) is 5.92 Å². The summed E-state index contributed by atoms with van der Waals surface area (Å²) in [6.45, 7) is 5.05. The third-order valence-corrected chi connectivity index (χ3v) is 3.40. The van der Waals surface area contributed by atoms with Crippen LogP contribution in [0.3, 0.4) is 0 Å². The van der Waals surface area contributed by atoms with Gasteiger partial charge in [-0.3, -0.25) is 0 Å². The molecule has 0 saturated carbocycles. The molecule has 0 aliphatic heterocycles. The molecule has 0 aromatic heterocycles. The highest BCUT2D eigenvalue weighted by molar-refractivity contribution is 5.82. The molecular formula is C15H19F3O3. The molecule has 3 nitrogen and oxygen atoms in total. The minimum Gasteiger partial charge on any atom is -0.460 e. The van der Waals surface area contributed by atoms with Crippen molar-refractivity contribution in [2.75, 3.05) is 7.11 Å². The Morgan fingerprint density at radius 2 is 1.62 bits per heavy atom. The zero-order valence-corrected chi connectivity index (χ0v) is 12.4. The first-order valence-corrected chi connectivity index (χ1v) is 6.55. The Morgan fingerprint density at radius 1 is 1.10 bits per heavy atom. The maximum atomic E-state index is 13.5. The Kier molecular flexibility index (Phi) is 5.39. The number of ether oxygens (including phenoxy) is 2. The second kappa shape index (κ2) is 6.47. The summed E-state index contributed by atoms with van der Waals surface area (Å²) in [5.74, 6) is -1.56. The molecule has 1 unspecified atom stereocenters. The summed E-state index contributed by atoms with van der Waals surface area (Å²) in [7, 11) is 0.849. The number of rotatable bonds is 5. The average Bonchev–Trinajstić information content (AvgIpc) is 2.39. The van der Waals surface area contributed by atoms with E-state index < -0.39 is 23.9 Å². The van der Waals surface area contributed by atoms with Crippen LogP contribution >= 0.6 is 0 Å². The maximum absolute atomic E-state index is 13.5. The lowest BCUT2D eigenvalue weighted by Gasteiger charge is -2.33. The zero-order chi connectivity index (χ0) is 16.3. The first-order valence-electron chi connectivity index (χ1n) is 6.55. The van der Waals surface area contributed by atoms with E-state index in [1.807, 2.05) is 0 Å². The highest BCUT2D eigenvalue weighted by Crippen LogP contribution is 2.43. The molecule has 118 valence electrons. The molecule has 0 radical (unpaired) electrons. The number of halogens is 3. The molecular weight excluding hydrogens is 285 g/mol. The molecule has 2 atom stereocenters. The van der Waals surface area contributed by atoms with Crippen molar-refractivity contribution in [1.82, 2.24) is 0 Å². The second-order valence-corrected chi connectivity index (χ2v) is 5.10. The van der Waals surface area contributed by atoms with Crippen LogP contribution in [0, 0.1) is 5.92 Å². The number of alkyl halides is 3. The van der Waals surface area contributed by atoms with Crippen LogP contribution in [0.1, 0.15) is 26.3 Å². The standard InChI is InChI=1S/C15H19F3O3/c1-10(2)11(3)21-13(19)14(20-4,15(16,17)18)12-8-6-5-7-9-12/h5-11H,1-4H3/t11?,14-/m0/s1. The summed E-state index contributed by atoms with van der Waals surface area (Å²) in [4.78, 5) is 12.2. The lowest BCUT2D eigenvalue weighted by molar-refractivity contribution is -0.278. The molecule has 1 aromatic carbocycles. The number of hydrogen-bond acceptors (Lipinski definition) is 3. The molecule has 1 rings (SSSR count). The summed E-state index contributed by atoms with van der Waals surface area (Å²) in [5, 5.41) is 0. The van der Waals surface area contributed by atoms with E-state index in [0.717, 1.165) is 7.11 Å². The molecule has 21 heavy (non-hydrogen) atoms. The lowest BCUT2D eigenvalue weighted by Crippen LogP contribution is -2.52. The third kappa shape index (κ3) is 3.37. The van der Waals surface area contributed by atoms with Gasteiger partial charge in [0.2, 0.25) is 0 Å². The third-order valence-electron chi connectivity index (χ3n) is 3.40. The predicted molar refractivity (Wildman–Crippen MR) is 71.6 cm³/mol. The average molecular weight is 304 g/mol. The summed E-state index contributed by atoms with van der Waals surface area (Å²) < 4.78 is 50.2. The van der Waals surface area contributed by atoms with E-state index in [0.29, 0.717) is 0 Å². The SMILES string of the molecule is CO[C@](C(=O)OC(C)C(C)C)(c1ccccc1)C(F)(F)F. The van der Waals surface area contributed by atoms with Gasteiger partial charge in [0.1, 0.15) is 6.10 Å². The number of carbonyl (C=O) groups excluding carboxylic acids is 1. The largest absolute Gasteiger partial charge is 0.460 e. The van der Waals surface area contributed by atoms with Crippen LogP contribution in [0.2, 0.25) is 0 Å². The van der Waals surface area contributed by atoms with E-state index in [1.54, 1.807) is 26.8 Å². The number of hydrogen-bond donors (Lipinski definition) is 0. The van der Waals surface area contributed by atoms with Gasteiger partial charge in [-0.15, -0.1) is 0 Å². The first kappa shape index (κ1) is 17.5. The van der Waals surface area contributed by atoms with Crippen molar-refractivity contribution in [1.29, 1.82) is 0 Å². The van der Waals surface area contributed by atoms with E-state index in [2.05, 4.69) is 4.74 Å². The molecule has 0 bridgehead atoms. The molecule has 6 heteroatoms. The molecule has 0 amide bonds. The predicted octanol–water partition coefficient (Wildman–Crippen LogP) is 3.68. The van der Waals surface area contributed by atoms with Gasteiger partial charge in [-0.05, 0) is 12.8 Å². The molecule has 0 saturated heterocycles. The molecule has 0 fully saturated rings. The van der Waals surface area contributed by atoms with E-state index in [1.165, 1.54) is 24.3 Å². The number of carbonyl (C=O) groups is 1. The van der Waals surface area contributed by atoms with Crippen LogP contribution in [-0.4, -0.2) is 25.4 Å². The zero-order valence-electron chi connectivity index (χ0n) is 12.4.